The summed E-state index contributed by atoms with van der Waals surface area (Å²) in [6.07, 6.45) is 6.76. The quantitative estimate of drug-likeness (QED) is 0.197. The van der Waals surface area contributed by atoms with Gasteiger partial charge in [0, 0.05) is 48.5 Å². The maximum Gasteiger partial charge on any atom is 0.272 e. The van der Waals surface area contributed by atoms with Crippen molar-refractivity contribution in [1.29, 1.82) is 0 Å². The van der Waals surface area contributed by atoms with Crippen LogP contribution < -0.4 is 14.8 Å². The Bertz CT molecular complexity index is 2680. The summed E-state index contributed by atoms with van der Waals surface area (Å²) in [6, 6.07) is 15.3. The Morgan fingerprint density at radius 1 is 0.917 bits per heavy atom. The number of hydrogen-bond acceptors (Lipinski definition) is 13. The van der Waals surface area contributed by atoms with Crippen LogP contribution in [0.2, 0.25) is 0 Å². The van der Waals surface area contributed by atoms with Crippen LogP contribution in [0.1, 0.15) is 80.4 Å². The molecule has 0 spiro atoms. The van der Waals surface area contributed by atoms with Gasteiger partial charge in [-0.25, -0.2) is 23.4 Å². The third kappa shape index (κ3) is 8.41. The highest BCUT2D eigenvalue weighted by Crippen LogP contribution is 2.40. The number of para-hydroxylation sites is 2. The number of aromatic nitrogens is 4. The summed E-state index contributed by atoms with van der Waals surface area (Å²) in [7, 11) is -3.93. The number of benzene rings is 2. The number of nitrogens with one attached hydrogen (secondary N) is 2. The molecule has 3 aromatic heterocycles. The van der Waals surface area contributed by atoms with Crippen LogP contribution in [0.25, 0.3) is 31.7 Å². The number of sulfonamides is 1. The molecule has 308 valence electrons. The number of aliphatic imine (C=N–C) groups is 1. The van der Waals surface area contributed by atoms with Crippen molar-refractivity contribution in [2.45, 2.75) is 94.7 Å². The molecule has 1 saturated carbocycles. The van der Waals surface area contributed by atoms with Crippen molar-refractivity contribution < 1.29 is 32.3 Å². The van der Waals surface area contributed by atoms with E-state index in [9.17, 15) is 27.6 Å². The lowest BCUT2D eigenvalue weighted by molar-refractivity contribution is -0.137. The van der Waals surface area contributed by atoms with Crippen LogP contribution in [0.15, 0.2) is 83.3 Å². The molecule has 5 aromatic rings. The normalized spacial score (nSPS) is 22.5. The van der Waals surface area contributed by atoms with Crippen molar-refractivity contribution >= 4 is 72.2 Å². The van der Waals surface area contributed by atoms with E-state index in [1.165, 1.54) is 28.6 Å². The summed E-state index contributed by atoms with van der Waals surface area (Å²) in [5, 5.41) is 3.23. The van der Waals surface area contributed by atoms with Gasteiger partial charge in [0.1, 0.15) is 11.4 Å². The summed E-state index contributed by atoms with van der Waals surface area (Å²) in [5.74, 6) is -3.11. The number of carbonyl (C=O) groups excluding carboxylic acids is 4. The van der Waals surface area contributed by atoms with Crippen molar-refractivity contribution in [2.24, 2.45) is 10.9 Å². The number of hydrogen-bond donors (Lipinski definition) is 2. The van der Waals surface area contributed by atoms with Crippen LogP contribution in [-0.4, -0.2) is 86.5 Å². The number of Topliss-reactive ketones (excluding diaryl/α,β-unsaturated/α-hetero) is 1. The highest BCUT2D eigenvalue weighted by Gasteiger charge is 2.49. The average Bonchev–Trinajstić information content (AvgIpc) is 4.16. The first-order valence-corrected chi connectivity index (χ1v) is 22.5. The minimum absolute atomic E-state index is 0.0609. The molecule has 4 aliphatic rings. The monoisotopic (exact) mass is 846 g/mol. The Kier molecular flexibility index (Phi) is 10.7. The molecular formula is C43H42N8O7S2. The molecule has 0 radical (unpaired) electrons. The predicted molar refractivity (Wildman–Crippen MR) is 224 cm³/mol. The zero-order valence-electron chi connectivity index (χ0n) is 32.7. The van der Waals surface area contributed by atoms with Gasteiger partial charge >= 0.3 is 0 Å². The van der Waals surface area contributed by atoms with Gasteiger partial charge in [0.05, 0.1) is 51.1 Å². The van der Waals surface area contributed by atoms with Crippen LogP contribution in [-0.2, 0) is 24.4 Å². The topological polar surface area (TPSA) is 203 Å². The highest BCUT2D eigenvalue weighted by atomic mass is 32.2. The van der Waals surface area contributed by atoms with Crippen molar-refractivity contribution in [1.82, 2.24) is 34.9 Å². The lowest BCUT2D eigenvalue weighted by atomic mass is 9.99. The standard InChI is InChI=1S/C43H42N8O7S2/c1-24-21-45-33(22-44-24)42(55)48-31-12-4-2-8-25-18-32(25)46-23-34-28(41(54)50-60(56,57)27-14-15-27)20-38(53)51(34)39(17-16-35(31)52)58-43-40(47-29-10-5-6-11-30(29)49-43)37-19-26-9-3-7-13-36(26)59-37/h3,5-7,9-11,13,19,21-23,27-28,31,34,39H,2,4,8,12,14-18,20H2,1H3,(H,48,55)(H,50,54)/t28-,31-,34-,39+/m0/s1. The van der Waals surface area contributed by atoms with Gasteiger partial charge in [-0.15, -0.1) is 11.3 Å². The molecule has 2 aromatic carbocycles. The molecule has 15 nitrogen and oxygen atoms in total. The average molecular weight is 847 g/mol. The number of allylic oxidation sites excluding steroid dienone is 2. The van der Waals surface area contributed by atoms with Crippen LogP contribution in [0.5, 0.6) is 5.88 Å². The Labute approximate surface area is 349 Å². The molecule has 2 fully saturated rings. The van der Waals surface area contributed by atoms with E-state index in [1.807, 2.05) is 48.5 Å². The Hall–Kier alpha value is -5.94. The van der Waals surface area contributed by atoms with Gasteiger partial charge in [0.25, 0.3) is 5.91 Å². The van der Waals surface area contributed by atoms with Gasteiger partial charge in [-0.2, -0.15) is 0 Å². The first-order chi connectivity index (χ1) is 29.0. The van der Waals surface area contributed by atoms with E-state index in [1.54, 1.807) is 19.2 Å². The zero-order valence-corrected chi connectivity index (χ0v) is 34.4. The summed E-state index contributed by atoms with van der Waals surface area (Å²) >= 11 is 1.50. The Morgan fingerprint density at radius 2 is 1.70 bits per heavy atom. The molecule has 2 aliphatic carbocycles. The predicted octanol–water partition coefficient (Wildman–Crippen LogP) is 5.59. The second-order valence-corrected chi connectivity index (χ2v) is 18.8. The molecule has 1 saturated heterocycles. The number of amides is 3. The maximum atomic E-state index is 14.3. The third-order valence-corrected chi connectivity index (χ3v) is 14.3. The van der Waals surface area contributed by atoms with E-state index in [0.717, 1.165) is 39.1 Å². The van der Waals surface area contributed by atoms with Gasteiger partial charge in [0.2, 0.25) is 27.7 Å². The summed E-state index contributed by atoms with van der Waals surface area (Å²) in [5.41, 5.74) is 4.26. The summed E-state index contributed by atoms with van der Waals surface area (Å²) in [6.45, 7) is 1.76. The van der Waals surface area contributed by atoms with Crippen molar-refractivity contribution in [3.8, 4) is 16.5 Å². The number of rotatable bonds is 8. The number of nitrogens with zero attached hydrogens (tertiary/aromatic N) is 6. The zero-order chi connectivity index (χ0) is 41.5. The summed E-state index contributed by atoms with van der Waals surface area (Å²) in [4.78, 5) is 81.1. The lowest BCUT2D eigenvalue weighted by Gasteiger charge is -2.33. The fourth-order valence-electron chi connectivity index (χ4n) is 7.81. The molecule has 17 heteroatoms. The molecule has 0 unspecified atom stereocenters. The maximum absolute atomic E-state index is 14.3. The van der Waals surface area contributed by atoms with Gasteiger partial charge in [-0.1, -0.05) is 36.8 Å². The molecule has 60 heavy (non-hydrogen) atoms. The summed E-state index contributed by atoms with van der Waals surface area (Å²) < 4.78 is 36.1. The van der Waals surface area contributed by atoms with E-state index in [0.29, 0.717) is 54.5 Å². The minimum Gasteiger partial charge on any atom is -0.452 e. The van der Waals surface area contributed by atoms with Crippen LogP contribution >= 0.6 is 11.3 Å². The molecule has 4 atom stereocenters. The number of fused-ring (bicyclic) bond motifs is 3. The van der Waals surface area contributed by atoms with E-state index in [-0.39, 0.29) is 36.6 Å². The van der Waals surface area contributed by atoms with Crippen LogP contribution in [0.4, 0.5) is 0 Å². The van der Waals surface area contributed by atoms with Crippen molar-refractivity contribution in [3.05, 3.63) is 89.6 Å². The Balaban J connectivity index is 1.11. The molecule has 5 heterocycles. The van der Waals surface area contributed by atoms with E-state index in [4.69, 9.17) is 19.7 Å². The highest BCUT2D eigenvalue weighted by molar-refractivity contribution is 7.90. The second-order valence-electron chi connectivity index (χ2n) is 15.7. The van der Waals surface area contributed by atoms with Gasteiger partial charge < -0.3 is 10.1 Å². The number of thiophene rings is 1. The molecule has 2 aliphatic heterocycles. The molecule has 3 amide bonds. The van der Waals surface area contributed by atoms with E-state index < -0.39 is 57.2 Å². The molecule has 9 rings (SSSR count). The fraction of sp³-hybridized carbons (Fsp3) is 0.372. The molecule has 2 N–H and O–H groups in total. The SMILES string of the molecule is Cc1cnc(C(=O)N[C@H]2CCCCC3=C(C3)N=C[C@H]3[C@@H](C(=O)NS(=O)(=O)C4CC4)CC(=O)N3[C@H](Oc3nc4ccccc4nc3-c3cc4ccccc4s3)CCC2=O)cn1. The fourth-order valence-corrected chi connectivity index (χ4v) is 10.2. The number of carbonyl (C=O) groups is 4. The first-order valence-electron chi connectivity index (χ1n) is 20.2. The number of ether oxygens (including phenoxy) is 1. The number of aryl methyl sites for hydroxylation is 1. The first kappa shape index (κ1) is 39.5. The lowest BCUT2D eigenvalue weighted by Crippen LogP contribution is -2.50. The van der Waals surface area contributed by atoms with Crippen LogP contribution in [0.3, 0.4) is 0 Å². The number of ketones is 1. The van der Waals surface area contributed by atoms with E-state index >= 15 is 0 Å². The van der Waals surface area contributed by atoms with E-state index in [2.05, 4.69) is 20.0 Å². The third-order valence-electron chi connectivity index (χ3n) is 11.3. The second kappa shape index (κ2) is 16.3. The van der Waals surface area contributed by atoms with Crippen LogP contribution in [0, 0.1) is 12.8 Å². The van der Waals surface area contributed by atoms with Crippen molar-refractivity contribution in [3.63, 3.8) is 0 Å². The minimum atomic E-state index is -3.93. The molecule has 0 bridgehead atoms. The smallest absolute Gasteiger partial charge is 0.272 e. The van der Waals surface area contributed by atoms with Crippen molar-refractivity contribution in [2.75, 3.05) is 0 Å². The largest absolute Gasteiger partial charge is 0.452 e. The van der Waals surface area contributed by atoms with Gasteiger partial charge in [0.15, 0.2) is 12.0 Å². The van der Waals surface area contributed by atoms with Gasteiger partial charge in [-0.3, -0.25) is 38.8 Å². The van der Waals surface area contributed by atoms with Gasteiger partial charge in [-0.05, 0) is 74.3 Å². The molecular weight excluding hydrogens is 805 g/mol. The Morgan fingerprint density at radius 3 is 2.47 bits per heavy atom.